The monoisotopic (exact) mass is 493 g/mol. The molecule has 33 heavy (non-hydrogen) atoms. The van der Waals surface area contributed by atoms with Gasteiger partial charge in [0.25, 0.3) is 0 Å². The van der Waals surface area contributed by atoms with Gasteiger partial charge < -0.3 is 20.2 Å². The lowest BCUT2D eigenvalue weighted by Gasteiger charge is -2.38. The third-order valence-corrected chi connectivity index (χ3v) is 6.72. The Bertz CT molecular complexity index is 948. The summed E-state index contributed by atoms with van der Waals surface area (Å²) in [5.74, 6) is 1.02. The maximum Gasteiger partial charge on any atom is 0.231 e. The quantitative estimate of drug-likeness (QED) is 0.640. The van der Waals surface area contributed by atoms with Gasteiger partial charge >= 0.3 is 0 Å². The van der Waals surface area contributed by atoms with Crippen molar-refractivity contribution in [2.45, 2.75) is 51.2 Å². The molecule has 7 nitrogen and oxygen atoms in total. The van der Waals surface area contributed by atoms with Gasteiger partial charge in [-0.2, -0.15) is 0 Å². The number of nitrogens with one attached hydrogen (secondary N) is 1. The molecule has 0 unspecified atom stereocenters. The van der Waals surface area contributed by atoms with Crippen molar-refractivity contribution in [2.24, 2.45) is 0 Å². The number of aromatic nitrogens is 2. The molecule has 1 fully saturated rings. The second-order valence-electron chi connectivity index (χ2n) is 9.13. The number of halogens is 2. The molecule has 2 aliphatic rings. The van der Waals surface area contributed by atoms with Crippen molar-refractivity contribution < 1.29 is 9.90 Å². The van der Waals surface area contributed by atoms with Gasteiger partial charge in [0.1, 0.15) is 12.1 Å². The Morgan fingerprint density at radius 1 is 1.18 bits per heavy atom. The number of anilines is 1. The van der Waals surface area contributed by atoms with Gasteiger partial charge in [-0.15, -0.1) is 12.4 Å². The van der Waals surface area contributed by atoms with E-state index < -0.39 is 6.10 Å². The summed E-state index contributed by atoms with van der Waals surface area (Å²) in [4.78, 5) is 26.5. The van der Waals surface area contributed by atoms with Crippen LogP contribution < -0.4 is 10.2 Å². The highest BCUT2D eigenvalue weighted by molar-refractivity contribution is 6.30. The molecule has 2 aromatic rings. The fourth-order valence-electron chi connectivity index (χ4n) is 4.71. The van der Waals surface area contributed by atoms with Gasteiger partial charge in [0.15, 0.2) is 0 Å². The van der Waals surface area contributed by atoms with Crippen LogP contribution in [0.3, 0.4) is 0 Å². The zero-order valence-electron chi connectivity index (χ0n) is 19.4. The summed E-state index contributed by atoms with van der Waals surface area (Å²) in [6.07, 6.45) is 1.71. The number of nitrogens with zero attached hydrogens (tertiary/aromatic N) is 4. The van der Waals surface area contributed by atoms with Crippen LogP contribution in [-0.2, 0) is 4.79 Å². The number of hydrogen-bond acceptors (Lipinski definition) is 6. The summed E-state index contributed by atoms with van der Waals surface area (Å²) in [5, 5.41) is 14.4. The first-order valence-corrected chi connectivity index (χ1v) is 11.8. The molecule has 2 N–H and O–H groups in total. The number of aliphatic hydroxyl groups is 1. The van der Waals surface area contributed by atoms with Crippen LogP contribution in [0, 0.1) is 0 Å². The van der Waals surface area contributed by atoms with Gasteiger partial charge in [-0.3, -0.25) is 4.79 Å². The molecular formula is C24H33Cl2N5O2. The average molecular weight is 494 g/mol. The van der Waals surface area contributed by atoms with Crippen molar-refractivity contribution in [3.8, 4) is 0 Å². The topological polar surface area (TPSA) is 81.6 Å². The lowest BCUT2D eigenvalue weighted by atomic mass is 9.96. The van der Waals surface area contributed by atoms with Crippen molar-refractivity contribution in [2.75, 3.05) is 37.6 Å². The Labute approximate surface area is 207 Å². The van der Waals surface area contributed by atoms with E-state index in [1.165, 1.54) is 0 Å². The first-order chi connectivity index (χ1) is 15.3. The summed E-state index contributed by atoms with van der Waals surface area (Å²) < 4.78 is 0. The van der Waals surface area contributed by atoms with Crippen molar-refractivity contribution in [1.29, 1.82) is 0 Å². The van der Waals surface area contributed by atoms with E-state index in [1.54, 1.807) is 6.33 Å². The Balaban J connectivity index is 0.00000306. The first kappa shape index (κ1) is 25.7. The number of benzene rings is 1. The molecule has 9 heteroatoms. The summed E-state index contributed by atoms with van der Waals surface area (Å²) >= 11 is 6.06. The molecule has 4 rings (SSSR count). The zero-order valence-corrected chi connectivity index (χ0v) is 20.9. The molecule has 1 amide bonds. The standard InChI is InChI=1S/C24H32ClN5O2.ClH/c1-15(2)26-13-19(17-4-6-18(25)7-5-17)24(32)30-10-8-29(9-11-30)23-21-16(3)12-20(31)22(21)27-14-28-23;/h4-7,14-16,19-20,26,31H,8-13H2,1-3H3;1H/t16-,19-,20-;/m0./s1. The van der Waals surface area contributed by atoms with Crippen molar-refractivity contribution >= 4 is 35.7 Å². The summed E-state index contributed by atoms with van der Waals surface area (Å²) in [7, 11) is 0. The van der Waals surface area contributed by atoms with Crippen LogP contribution in [0.4, 0.5) is 5.82 Å². The van der Waals surface area contributed by atoms with Crippen LogP contribution >= 0.6 is 24.0 Å². The highest BCUT2D eigenvalue weighted by Crippen LogP contribution is 2.42. The zero-order chi connectivity index (χ0) is 22.8. The molecule has 1 aromatic heterocycles. The van der Waals surface area contributed by atoms with E-state index >= 15 is 0 Å². The molecule has 0 radical (unpaired) electrons. The fourth-order valence-corrected chi connectivity index (χ4v) is 4.84. The molecule has 180 valence electrons. The lowest BCUT2D eigenvalue weighted by Crippen LogP contribution is -2.51. The third-order valence-electron chi connectivity index (χ3n) is 6.47. The molecular weight excluding hydrogens is 461 g/mol. The van der Waals surface area contributed by atoms with Crippen LogP contribution in [0.1, 0.15) is 62.0 Å². The van der Waals surface area contributed by atoms with Crippen LogP contribution in [0.15, 0.2) is 30.6 Å². The predicted octanol–water partition coefficient (Wildman–Crippen LogP) is 3.52. The van der Waals surface area contributed by atoms with E-state index in [-0.39, 0.29) is 30.2 Å². The summed E-state index contributed by atoms with van der Waals surface area (Å²) in [5.41, 5.74) is 2.79. The van der Waals surface area contributed by atoms with E-state index in [0.29, 0.717) is 50.2 Å². The lowest BCUT2D eigenvalue weighted by molar-refractivity contribution is -0.133. The highest BCUT2D eigenvalue weighted by Gasteiger charge is 2.35. The number of piperazine rings is 1. The van der Waals surface area contributed by atoms with E-state index in [4.69, 9.17) is 11.6 Å². The van der Waals surface area contributed by atoms with Crippen LogP contribution in [0.5, 0.6) is 0 Å². The first-order valence-electron chi connectivity index (χ1n) is 11.4. The Morgan fingerprint density at radius 2 is 1.85 bits per heavy atom. The Kier molecular flexibility index (Phi) is 8.56. The maximum atomic E-state index is 13.5. The highest BCUT2D eigenvalue weighted by atomic mass is 35.5. The average Bonchev–Trinajstić information content (AvgIpc) is 3.08. The SMILES string of the molecule is CC(C)NC[C@H](C(=O)N1CCN(c2ncnc3c2[C@@H](C)C[C@@H]3O)CC1)c1ccc(Cl)cc1.Cl. The number of amides is 1. The van der Waals surface area contributed by atoms with Gasteiger partial charge in [0.05, 0.1) is 17.7 Å². The van der Waals surface area contributed by atoms with Gasteiger partial charge in [-0.05, 0) is 30.0 Å². The van der Waals surface area contributed by atoms with Crippen molar-refractivity contribution in [1.82, 2.24) is 20.2 Å². The van der Waals surface area contributed by atoms with Gasteiger partial charge in [0, 0.05) is 49.4 Å². The molecule has 1 aromatic carbocycles. The fraction of sp³-hybridized carbons (Fsp3) is 0.542. The molecule has 1 aliphatic carbocycles. The minimum absolute atomic E-state index is 0. The molecule has 0 bridgehead atoms. The third kappa shape index (κ3) is 5.60. The van der Waals surface area contributed by atoms with E-state index in [0.717, 1.165) is 22.6 Å². The minimum atomic E-state index is -0.516. The Morgan fingerprint density at radius 3 is 2.48 bits per heavy atom. The van der Waals surface area contributed by atoms with E-state index in [1.807, 2.05) is 29.2 Å². The molecule has 1 saturated heterocycles. The molecule has 0 saturated carbocycles. The predicted molar refractivity (Wildman–Crippen MR) is 133 cm³/mol. The van der Waals surface area contributed by atoms with E-state index in [9.17, 15) is 9.90 Å². The van der Waals surface area contributed by atoms with Gasteiger partial charge in [-0.25, -0.2) is 9.97 Å². The maximum absolute atomic E-state index is 13.5. The van der Waals surface area contributed by atoms with Crippen LogP contribution in [0.25, 0.3) is 0 Å². The molecule has 1 aliphatic heterocycles. The van der Waals surface area contributed by atoms with Crippen LogP contribution in [0.2, 0.25) is 5.02 Å². The molecule has 3 atom stereocenters. The molecule has 0 spiro atoms. The number of hydrogen-bond donors (Lipinski definition) is 2. The second kappa shape index (κ2) is 11.0. The number of carbonyl (C=O) groups is 1. The number of carbonyl (C=O) groups excluding carboxylic acids is 1. The smallest absolute Gasteiger partial charge is 0.231 e. The Hall–Kier alpha value is -1.93. The van der Waals surface area contributed by atoms with Gasteiger partial charge in [-0.1, -0.05) is 44.5 Å². The van der Waals surface area contributed by atoms with Gasteiger partial charge in [0.2, 0.25) is 5.91 Å². The van der Waals surface area contributed by atoms with Crippen LogP contribution in [-0.4, -0.2) is 64.6 Å². The van der Waals surface area contributed by atoms with Crippen molar-refractivity contribution in [3.63, 3.8) is 0 Å². The molecule has 2 heterocycles. The number of rotatable bonds is 6. The second-order valence-corrected chi connectivity index (χ2v) is 9.56. The summed E-state index contributed by atoms with van der Waals surface area (Å²) in [6.45, 7) is 9.57. The number of fused-ring (bicyclic) bond motifs is 1. The van der Waals surface area contributed by atoms with Crippen molar-refractivity contribution in [3.05, 3.63) is 52.4 Å². The van der Waals surface area contributed by atoms with E-state index in [2.05, 4.69) is 41.0 Å². The minimum Gasteiger partial charge on any atom is -0.387 e. The number of aliphatic hydroxyl groups excluding tert-OH is 1. The normalized spacial score (nSPS) is 21.0. The summed E-state index contributed by atoms with van der Waals surface area (Å²) in [6, 6.07) is 7.87. The largest absolute Gasteiger partial charge is 0.387 e.